The lowest BCUT2D eigenvalue weighted by atomic mass is 9.92. The van der Waals surface area contributed by atoms with E-state index >= 15 is 0 Å². The van der Waals surface area contributed by atoms with Crippen LogP contribution in [0.25, 0.3) is 11.0 Å². The lowest BCUT2D eigenvalue weighted by molar-refractivity contribution is -0.178. The van der Waals surface area contributed by atoms with Crippen molar-refractivity contribution in [3.8, 4) is 6.07 Å². The van der Waals surface area contributed by atoms with E-state index in [1.807, 2.05) is 6.07 Å². The molecule has 2 atom stereocenters. The highest BCUT2D eigenvalue weighted by Crippen LogP contribution is 2.36. The molecule has 0 unspecified atom stereocenters. The number of hydrogen-bond donors (Lipinski definition) is 1. The number of benzene rings is 1. The van der Waals surface area contributed by atoms with Crippen LogP contribution in [0.15, 0.2) is 24.5 Å². The Bertz CT molecular complexity index is 940. The summed E-state index contributed by atoms with van der Waals surface area (Å²) in [6.45, 7) is 0.0584. The number of likely N-dealkylation sites (N-methyl/N-ethyl adjacent to an activating group) is 1. The fourth-order valence-corrected chi connectivity index (χ4v) is 3.59. The maximum Gasteiger partial charge on any atom is 0.393 e. The smallest absolute Gasteiger partial charge is 0.367 e. The molecule has 0 bridgehead atoms. The molecule has 1 N–H and O–H groups in total. The highest BCUT2D eigenvalue weighted by atomic mass is 19.4. The van der Waals surface area contributed by atoms with Gasteiger partial charge in [0, 0.05) is 31.5 Å². The van der Waals surface area contributed by atoms with Gasteiger partial charge in [0.15, 0.2) is 0 Å². The zero-order chi connectivity index (χ0) is 21.2. The van der Waals surface area contributed by atoms with Gasteiger partial charge in [0.2, 0.25) is 5.91 Å². The summed E-state index contributed by atoms with van der Waals surface area (Å²) >= 11 is 0. The van der Waals surface area contributed by atoms with Crippen LogP contribution >= 0.6 is 0 Å². The first-order valence-corrected chi connectivity index (χ1v) is 9.08. The molecule has 1 saturated heterocycles. The number of nitrogens with zero attached hydrogens (tertiary/aromatic N) is 5. The first-order valence-electron chi connectivity index (χ1n) is 9.08. The number of anilines is 1. The summed E-state index contributed by atoms with van der Waals surface area (Å²) in [7, 11) is 3.43. The Balaban J connectivity index is 1.94. The van der Waals surface area contributed by atoms with E-state index in [1.54, 1.807) is 30.0 Å². The van der Waals surface area contributed by atoms with E-state index in [4.69, 9.17) is 0 Å². The van der Waals surface area contributed by atoms with E-state index in [0.29, 0.717) is 22.3 Å². The maximum absolute atomic E-state index is 13.6. The van der Waals surface area contributed by atoms with E-state index in [-0.39, 0.29) is 32.0 Å². The van der Waals surface area contributed by atoms with Gasteiger partial charge in [-0.1, -0.05) is 0 Å². The van der Waals surface area contributed by atoms with E-state index < -0.39 is 18.1 Å². The third-order valence-electron chi connectivity index (χ3n) is 4.80. The quantitative estimate of drug-likeness (QED) is 0.835. The van der Waals surface area contributed by atoms with E-state index in [1.165, 1.54) is 18.5 Å². The number of aromatic nitrogens is 2. The molecular weight excluding hydrogens is 385 g/mol. The summed E-state index contributed by atoms with van der Waals surface area (Å²) in [5, 5.41) is 12.0. The highest BCUT2D eigenvalue weighted by molar-refractivity contribution is 5.92. The van der Waals surface area contributed by atoms with Crippen LogP contribution in [0.5, 0.6) is 0 Å². The van der Waals surface area contributed by atoms with Gasteiger partial charge >= 0.3 is 6.18 Å². The molecule has 3 rings (SSSR count). The van der Waals surface area contributed by atoms with Gasteiger partial charge in [-0.2, -0.15) is 18.4 Å². The fraction of sp³-hybridized carbons (Fsp3) is 0.474. The summed E-state index contributed by atoms with van der Waals surface area (Å²) in [5.74, 6) is -1.92. The molecule has 1 aliphatic heterocycles. The van der Waals surface area contributed by atoms with Gasteiger partial charge in [0.1, 0.15) is 17.1 Å². The van der Waals surface area contributed by atoms with Crippen LogP contribution in [0.1, 0.15) is 12.0 Å². The standard InChI is InChI=1S/C19H21F3N6O/c1-27(2)11-16(29)26-14-7-13(19(20,21)22)9-28(10-14)15-4-3-12(8-23)17-18(15)25-6-5-24-17/h3-6,13-14H,7,9-11H2,1-2H3,(H,26,29)/t13-,14+/m1/s1. The molecule has 1 amide bonds. The predicted molar refractivity (Wildman–Crippen MR) is 101 cm³/mol. The molecule has 2 aromatic rings. The number of hydrogen-bond acceptors (Lipinski definition) is 6. The average Bonchev–Trinajstić information content (AvgIpc) is 2.65. The van der Waals surface area contributed by atoms with Crippen molar-refractivity contribution >= 4 is 22.6 Å². The summed E-state index contributed by atoms with van der Waals surface area (Å²) in [4.78, 5) is 23.7. The third-order valence-corrected chi connectivity index (χ3v) is 4.80. The zero-order valence-electron chi connectivity index (χ0n) is 16.1. The molecule has 29 heavy (non-hydrogen) atoms. The van der Waals surface area contributed by atoms with Crippen molar-refractivity contribution in [2.24, 2.45) is 5.92 Å². The van der Waals surface area contributed by atoms with Crippen LogP contribution < -0.4 is 10.2 Å². The average molecular weight is 406 g/mol. The van der Waals surface area contributed by atoms with Crippen molar-refractivity contribution in [2.45, 2.75) is 18.6 Å². The molecular formula is C19H21F3N6O. The monoisotopic (exact) mass is 406 g/mol. The number of halogens is 3. The normalized spacial score (nSPS) is 20.0. The summed E-state index contributed by atoms with van der Waals surface area (Å²) < 4.78 is 40.7. The van der Waals surface area contributed by atoms with Crippen molar-refractivity contribution in [3.05, 3.63) is 30.1 Å². The molecule has 1 aliphatic rings. The molecule has 0 saturated carbocycles. The fourth-order valence-electron chi connectivity index (χ4n) is 3.59. The highest BCUT2D eigenvalue weighted by Gasteiger charge is 2.45. The van der Waals surface area contributed by atoms with Crippen LogP contribution in [0, 0.1) is 17.2 Å². The number of piperidine rings is 1. The van der Waals surface area contributed by atoms with Crippen LogP contribution in [-0.2, 0) is 4.79 Å². The van der Waals surface area contributed by atoms with E-state index in [0.717, 1.165) is 0 Å². The molecule has 1 fully saturated rings. The molecule has 1 aromatic carbocycles. The minimum Gasteiger partial charge on any atom is -0.367 e. The van der Waals surface area contributed by atoms with Crippen molar-refractivity contribution in [1.82, 2.24) is 20.2 Å². The van der Waals surface area contributed by atoms with Crippen molar-refractivity contribution < 1.29 is 18.0 Å². The maximum atomic E-state index is 13.6. The molecule has 2 heterocycles. The number of fused-ring (bicyclic) bond motifs is 1. The summed E-state index contributed by atoms with van der Waals surface area (Å²) in [6, 6.07) is 4.48. The van der Waals surface area contributed by atoms with Crippen LogP contribution in [0.2, 0.25) is 0 Å². The second kappa shape index (κ2) is 8.21. The number of amides is 1. The van der Waals surface area contributed by atoms with Crippen LogP contribution in [0.3, 0.4) is 0 Å². The molecule has 0 radical (unpaired) electrons. The van der Waals surface area contributed by atoms with Gasteiger partial charge in [-0.25, -0.2) is 0 Å². The van der Waals surface area contributed by atoms with Gasteiger partial charge in [-0.05, 0) is 32.6 Å². The molecule has 0 spiro atoms. The molecule has 154 valence electrons. The van der Waals surface area contributed by atoms with Crippen molar-refractivity contribution in [2.75, 3.05) is 38.6 Å². The number of alkyl halides is 3. The second-order valence-electron chi connectivity index (χ2n) is 7.38. The lowest BCUT2D eigenvalue weighted by Crippen LogP contribution is -2.54. The number of carbonyl (C=O) groups excluding carboxylic acids is 1. The lowest BCUT2D eigenvalue weighted by Gasteiger charge is -2.40. The Morgan fingerprint density at radius 1 is 1.28 bits per heavy atom. The summed E-state index contributed by atoms with van der Waals surface area (Å²) in [6.07, 6.45) is -1.70. The predicted octanol–water partition coefficient (Wildman–Crippen LogP) is 1.94. The Kier molecular flexibility index (Phi) is 5.88. The topological polar surface area (TPSA) is 85.2 Å². The molecule has 0 aliphatic carbocycles. The van der Waals surface area contributed by atoms with Crippen molar-refractivity contribution in [1.29, 1.82) is 5.26 Å². The SMILES string of the molecule is CN(C)CC(=O)N[C@H]1C[C@@H](C(F)(F)F)CN(c2ccc(C#N)c3nccnc23)C1. The second-order valence-corrected chi connectivity index (χ2v) is 7.38. The minimum absolute atomic E-state index is 0.0957. The molecule has 10 heteroatoms. The molecule has 1 aromatic heterocycles. The number of nitrogens with one attached hydrogen (secondary N) is 1. The zero-order valence-corrected chi connectivity index (χ0v) is 16.1. The van der Waals surface area contributed by atoms with Gasteiger partial charge in [0.05, 0.1) is 23.7 Å². The number of nitriles is 1. The van der Waals surface area contributed by atoms with Gasteiger partial charge in [-0.3, -0.25) is 14.8 Å². The minimum atomic E-state index is -4.39. The Morgan fingerprint density at radius 3 is 2.59 bits per heavy atom. The number of rotatable bonds is 4. The first-order chi connectivity index (χ1) is 13.7. The van der Waals surface area contributed by atoms with Gasteiger partial charge in [-0.15, -0.1) is 0 Å². The number of carbonyl (C=O) groups is 1. The Labute approximate surface area is 166 Å². The van der Waals surface area contributed by atoms with E-state index in [9.17, 15) is 23.2 Å². The Morgan fingerprint density at radius 2 is 1.97 bits per heavy atom. The Hall–Kier alpha value is -2.93. The summed E-state index contributed by atoms with van der Waals surface area (Å²) in [5.41, 5.74) is 1.48. The third kappa shape index (κ3) is 4.74. The van der Waals surface area contributed by atoms with Gasteiger partial charge in [0.25, 0.3) is 0 Å². The molecule has 7 nitrogen and oxygen atoms in total. The van der Waals surface area contributed by atoms with Gasteiger partial charge < -0.3 is 15.1 Å². The van der Waals surface area contributed by atoms with E-state index in [2.05, 4.69) is 15.3 Å². The largest absolute Gasteiger partial charge is 0.393 e. The van der Waals surface area contributed by atoms with Crippen LogP contribution in [-0.4, -0.2) is 66.7 Å². The van der Waals surface area contributed by atoms with Crippen LogP contribution in [0.4, 0.5) is 18.9 Å². The van der Waals surface area contributed by atoms with Crippen molar-refractivity contribution in [3.63, 3.8) is 0 Å². The first kappa shape index (κ1) is 20.8.